The number of carbonyl (C=O) groups excluding carboxylic acids is 1. The summed E-state index contributed by atoms with van der Waals surface area (Å²) in [6, 6.07) is 8.31. The van der Waals surface area contributed by atoms with Crippen LogP contribution in [0.15, 0.2) is 35.6 Å². The summed E-state index contributed by atoms with van der Waals surface area (Å²) in [6.45, 7) is 2.11. The maximum absolute atomic E-state index is 12.0. The SMILES string of the molecule is Cc1ccccc1CSc1nc2nc3c(cn2n1)C(=O)CCC3. The lowest BCUT2D eigenvalue weighted by molar-refractivity contribution is 0.0971. The van der Waals surface area contributed by atoms with Crippen molar-refractivity contribution < 1.29 is 4.79 Å². The summed E-state index contributed by atoms with van der Waals surface area (Å²) < 4.78 is 1.63. The van der Waals surface area contributed by atoms with Crippen molar-refractivity contribution in [3.63, 3.8) is 0 Å². The van der Waals surface area contributed by atoms with Gasteiger partial charge in [0.1, 0.15) is 0 Å². The molecule has 2 aromatic heterocycles. The molecule has 23 heavy (non-hydrogen) atoms. The van der Waals surface area contributed by atoms with E-state index in [0.717, 1.165) is 24.3 Å². The van der Waals surface area contributed by atoms with Crippen molar-refractivity contribution in [3.8, 4) is 0 Å². The lowest BCUT2D eigenvalue weighted by Gasteiger charge is -2.12. The summed E-state index contributed by atoms with van der Waals surface area (Å²) in [5.41, 5.74) is 4.10. The third kappa shape index (κ3) is 2.74. The van der Waals surface area contributed by atoms with Gasteiger partial charge in [0.25, 0.3) is 5.78 Å². The van der Waals surface area contributed by atoms with Gasteiger partial charge in [-0.25, -0.2) is 9.50 Å². The maximum atomic E-state index is 12.0. The summed E-state index contributed by atoms with van der Waals surface area (Å²) in [5, 5.41) is 5.14. The number of aromatic nitrogens is 4. The average Bonchev–Trinajstić information content (AvgIpc) is 2.94. The highest BCUT2D eigenvalue weighted by atomic mass is 32.2. The van der Waals surface area contributed by atoms with E-state index in [1.807, 2.05) is 12.1 Å². The molecule has 116 valence electrons. The van der Waals surface area contributed by atoms with Gasteiger partial charge in [-0.15, -0.1) is 5.10 Å². The number of nitrogens with zero attached hydrogens (tertiary/aromatic N) is 4. The van der Waals surface area contributed by atoms with E-state index in [9.17, 15) is 4.79 Å². The number of ketones is 1. The zero-order valence-electron chi connectivity index (χ0n) is 12.8. The molecule has 0 saturated carbocycles. The Kier molecular flexibility index (Phi) is 3.61. The first-order valence-corrected chi connectivity index (χ1v) is 8.66. The van der Waals surface area contributed by atoms with Gasteiger partial charge in [0.15, 0.2) is 5.78 Å². The number of hydrogen-bond donors (Lipinski definition) is 0. The van der Waals surface area contributed by atoms with Gasteiger partial charge in [0, 0.05) is 18.4 Å². The average molecular weight is 324 g/mol. The second-order valence-corrected chi connectivity index (χ2v) is 6.67. The predicted molar refractivity (Wildman–Crippen MR) is 88.8 cm³/mol. The minimum Gasteiger partial charge on any atom is -0.294 e. The molecule has 1 aromatic carbocycles. The molecule has 6 heteroatoms. The van der Waals surface area contributed by atoms with Crippen LogP contribution in [-0.2, 0) is 12.2 Å². The van der Waals surface area contributed by atoms with Crippen LogP contribution in [0.4, 0.5) is 0 Å². The molecule has 1 aliphatic rings. The smallest absolute Gasteiger partial charge is 0.253 e. The Morgan fingerprint density at radius 2 is 2.09 bits per heavy atom. The highest BCUT2D eigenvalue weighted by Gasteiger charge is 2.20. The highest BCUT2D eigenvalue weighted by molar-refractivity contribution is 7.98. The molecule has 0 aliphatic heterocycles. The Balaban J connectivity index is 1.62. The van der Waals surface area contributed by atoms with Crippen LogP contribution in [0.5, 0.6) is 0 Å². The molecule has 2 heterocycles. The summed E-state index contributed by atoms with van der Waals surface area (Å²) in [5.74, 6) is 1.55. The van der Waals surface area contributed by atoms with Crippen molar-refractivity contribution in [1.82, 2.24) is 19.6 Å². The Bertz CT molecular complexity index is 903. The van der Waals surface area contributed by atoms with Crippen LogP contribution in [-0.4, -0.2) is 25.4 Å². The molecular weight excluding hydrogens is 308 g/mol. The van der Waals surface area contributed by atoms with Gasteiger partial charge in [-0.3, -0.25) is 4.79 Å². The number of Topliss-reactive ketones (excluding diaryl/α,β-unsaturated/α-hetero) is 1. The first-order valence-electron chi connectivity index (χ1n) is 7.67. The Morgan fingerprint density at radius 1 is 1.22 bits per heavy atom. The van der Waals surface area contributed by atoms with Crippen molar-refractivity contribution in [1.29, 1.82) is 0 Å². The Labute approximate surface area is 138 Å². The van der Waals surface area contributed by atoms with Crippen molar-refractivity contribution in [3.05, 3.63) is 52.8 Å². The molecule has 0 amide bonds. The number of benzene rings is 1. The third-order valence-corrected chi connectivity index (χ3v) is 5.01. The minimum atomic E-state index is 0.158. The predicted octanol–water partition coefficient (Wildman–Crippen LogP) is 3.24. The number of fused-ring (bicyclic) bond motifs is 2. The van der Waals surface area contributed by atoms with E-state index < -0.39 is 0 Å². The molecule has 1 aliphatic carbocycles. The van der Waals surface area contributed by atoms with Gasteiger partial charge in [0.05, 0.1) is 11.3 Å². The van der Waals surface area contributed by atoms with E-state index in [1.165, 1.54) is 11.1 Å². The van der Waals surface area contributed by atoms with Gasteiger partial charge >= 0.3 is 0 Å². The van der Waals surface area contributed by atoms with Gasteiger partial charge < -0.3 is 0 Å². The van der Waals surface area contributed by atoms with E-state index in [4.69, 9.17) is 0 Å². The topological polar surface area (TPSA) is 60.1 Å². The standard InChI is InChI=1S/C17H16N4OS/c1-11-5-2-3-6-12(11)10-23-17-19-16-18-14-7-4-8-15(22)13(14)9-21(16)20-17/h2-3,5-6,9H,4,7-8,10H2,1H3. The fraction of sp³-hybridized carbons (Fsp3) is 0.294. The maximum Gasteiger partial charge on any atom is 0.253 e. The van der Waals surface area contributed by atoms with Crippen LogP contribution in [0.1, 0.15) is 40.0 Å². The van der Waals surface area contributed by atoms with Crippen LogP contribution in [0, 0.1) is 6.92 Å². The quantitative estimate of drug-likeness (QED) is 0.692. The van der Waals surface area contributed by atoms with Crippen molar-refractivity contribution in [2.24, 2.45) is 0 Å². The first-order chi connectivity index (χ1) is 11.2. The number of carbonyl (C=O) groups is 1. The van der Waals surface area contributed by atoms with E-state index in [1.54, 1.807) is 22.5 Å². The first kappa shape index (κ1) is 14.4. The van der Waals surface area contributed by atoms with Crippen molar-refractivity contribution in [2.45, 2.75) is 37.1 Å². The van der Waals surface area contributed by atoms with E-state index in [-0.39, 0.29) is 5.78 Å². The molecule has 0 N–H and O–H groups in total. The number of thioether (sulfide) groups is 1. The lowest BCUT2D eigenvalue weighted by Crippen LogP contribution is -2.14. The van der Waals surface area contributed by atoms with E-state index >= 15 is 0 Å². The lowest BCUT2D eigenvalue weighted by atomic mass is 9.96. The van der Waals surface area contributed by atoms with E-state index in [2.05, 4.69) is 34.1 Å². The molecule has 0 atom stereocenters. The zero-order chi connectivity index (χ0) is 15.8. The summed E-state index contributed by atoms with van der Waals surface area (Å²) in [7, 11) is 0. The van der Waals surface area contributed by atoms with Crippen LogP contribution in [0.2, 0.25) is 0 Å². The summed E-state index contributed by atoms with van der Waals surface area (Å²) in [4.78, 5) is 21.0. The van der Waals surface area contributed by atoms with Crippen LogP contribution < -0.4 is 0 Å². The molecule has 0 fully saturated rings. The van der Waals surface area contributed by atoms with Crippen molar-refractivity contribution in [2.75, 3.05) is 0 Å². The van der Waals surface area contributed by atoms with Crippen molar-refractivity contribution >= 4 is 23.3 Å². The van der Waals surface area contributed by atoms with Gasteiger partial charge in [-0.1, -0.05) is 36.0 Å². The number of hydrogen-bond acceptors (Lipinski definition) is 5. The van der Waals surface area contributed by atoms with Crippen LogP contribution >= 0.6 is 11.8 Å². The van der Waals surface area contributed by atoms with Crippen LogP contribution in [0.25, 0.3) is 5.78 Å². The zero-order valence-corrected chi connectivity index (χ0v) is 13.6. The largest absolute Gasteiger partial charge is 0.294 e. The van der Waals surface area contributed by atoms with Gasteiger partial charge in [-0.05, 0) is 30.9 Å². The highest BCUT2D eigenvalue weighted by Crippen LogP contribution is 2.24. The second-order valence-electron chi connectivity index (χ2n) is 5.73. The molecule has 0 radical (unpaired) electrons. The van der Waals surface area contributed by atoms with E-state index in [0.29, 0.717) is 22.9 Å². The normalized spacial score (nSPS) is 14.2. The monoisotopic (exact) mass is 324 g/mol. The van der Waals surface area contributed by atoms with Gasteiger partial charge in [-0.2, -0.15) is 4.98 Å². The third-order valence-electron chi connectivity index (χ3n) is 4.13. The molecule has 0 unspecified atom stereocenters. The van der Waals surface area contributed by atoms with Gasteiger partial charge in [0.2, 0.25) is 5.16 Å². The van der Waals surface area contributed by atoms with Crippen LogP contribution in [0.3, 0.4) is 0 Å². The molecule has 5 nitrogen and oxygen atoms in total. The Morgan fingerprint density at radius 3 is 2.96 bits per heavy atom. The number of rotatable bonds is 3. The summed E-state index contributed by atoms with van der Waals surface area (Å²) in [6.07, 6.45) is 4.10. The minimum absolute atomic E-state index is 0.158. The Hall–Kier alpha value is -2.21. The summed E-state index contributed by atoms with van der Waals surface area (Å²) >= 11 is 1.59. The molecule has 0 bridgehead atoms. The molecule has 0 spiro atoms. The second kappa shape index (κ2) is 5.77. The molecule has 3 aromatic rings. The molecule has 4 rings (SSSR count). The molecule has 0 saturated heterocycles. The number of aryl methyl sites for hydroxylation is 2. The molecular formula is C17H16N4OS. The fourth-order valence-corrected chi connectivity index (χ4v) is 3.69. The fourth-order valence-electron chi connectivity index (χ4n) is 2.79.